The van der Waals surface area contributed by atoms with Crippen molar-refractivity contribution in [1.82, 2.24) is 9.55 Å². The molecule has 0 aliphatic rings. The number of halogens is 4. The van der Waals surface area contributed by atoms with Crippen LogP contribution in [0.15, 0.2) is 18.2 Å². The standard InChI is InChI=1S/C11H10Cl2F2N2/c12-5-4-10-16-11-7(13)2-1-3-8(11)17(10)6-9(14)15/h1-3,9H,4-6H2. The highest BCUT2D eigenvalue weighted by Crippen LogP contribution is 2.25. The second-order valence-electron chi connectivity index (χ2n) is 3.58. The summed E-state index contributed by atoms with van der Waals surface area (Å²) < 4.78 is 26.5. The van der Waals surface area contributed by atoms with Crippen molar-refractivity contribution in [3.63, 3.8) is 0 Å². The lowest BCUT2D eigenvalue weighted by Gasteiger charge is -2.07. The minimum Gasteiger partial charge on any atom is -0.322 e. The molecule has 0 amide bonds. The van der Waals surface area contributed by atoms with Gasteiger partial charge < -0.3 is 4.57 Å². The van der Waals surface area contributed by atoms with Gasteiger partial charge in [0.05, 0.1) is 17.1 Å². The number of hydrogen-bond donors (Lipinski definition) is 0. The first-order valence-electron chi connectivity index (χ1n) is 5.11. The third-order valence-electron chi connectivity index (χ3n) is 2.45. The monoisotopic (exact) mass is 278 g/mol. The van der Waals surface area contributed by atoms with E-state index in [0.29, 0.717) is 34.2 Å². The predicted octanol–water partition coefficient (Wildman–Crippen LogP) is 3.74. The van der Waals surface area contributed by atoms with Gasteiger partial charge >= 0.3 is 0 Å². The average Bonchev–Trinajstić information content (AvgIpc) is 2.59. The van der Waals surface area contributed by atoms with Crippen molar-refractivity contribution in [2.75, 3.05) is 5.88 Å². The van der Waals surface area contributed by atoms with Crippen LogP contribution in [0.5, 0.6) is 0 Å². The van der Waals surface area contributed by atoms with Crippen molar-refractivity contribution in [1.29, 1.82) is 0 Å². The van der Waals surface area contributed by atoms with Crippen molar-refractivity contribution in [3.8, 4) is 0 Å². The maximum Gasteiger partial charge on any atom is 0.256 e. The van der Waals surface area contributed by atoms with E-state index >= 15 is 0 Å². The van der Waals surface area contributed by atoms with Crippen LogP contribution in [0.2, 0.25) is 5.02 Å². The van der Waals surface area contributed by atoms with Crippen molar-refractivity contribution >= 4 is 34.2 Å². The van der Waals surface area contributed by atoms with E-state index in [2.05, 4.69) is 4.98 Å². The molecule has 17 heavy (non-hydrogen) atoms. The van der Waals surface area contributed by atoms with Crippen LogP contribution in [0.3, 0.4) is 0 Å². The molecule has 0 N–H and O–H groups in total. The smallest absolute Gasteiger partial charge is 0.256 e. The molecule has 0 saturated heterocycles. The number of aromatic nitrogens is 2. The molecule has 0 saturated carbocycles. The molecule has 2 aromatic rings. The predicted molar refractivity (Wildman–Crippen MR) is 65.2 cm³/mol. The maximum absolute atomic E-state index is 12.5. The van der Waals surface area contributed by atoms with E-state index in [1.54, 1.807) is 18.2 Å². The Balaban J connectivity index is 2.58. The quantitative estimate of drug-likeness (QED) is 0.780. The number of rotatable bonds is 4. The van der Waals surface area contributed by atoms with Crippen molar-refractivity contribution in [3.05, 3.63) is 29.0 Å². The van der Waals surface area contributed by atoms with Crippen molar-refractivity contribution in [2.45, 2.75) is 19.4 Å². The lowest BCUT2D eigenvalue weighted by atomic mass is 10.3. The maximum atomic E-state index is 12.5. The van der Waals surface area contributed by atoms with Crippen LogP contribution in [-0.2, 0) is 13.0 Å². The SMILES string of the molecule is FC(F)Cn1c(CCCl)nc2c(Cl)cccc21. The first-order valence-corrected chi connectivity index (χ1v) is 6.02. The third kappa shape index (κ3) is 2.53. The van der Waals surface area contributed by atoms with E-state index in [9.17, 15) is 8.78 Å². The fourth-order valence-corrected chi connectivity index (χ4v) is 2.16. The highest BCUT2D eigenvalue weighted by Gasteiger charge is 2.15. The molecule has 0 unspecified atom stereocenters. The Morgan fingerprint density at radius 2 is 2.12 bits per heavy atom. The molecular weight excluding hydrogens is 269 g/mol. The number of hydrogen-bond acceptors (Lipinski definition) is 1. The van der Waals surface area contributed by atoms with Gasteiger partial charge in [0.2, 0.25) is 0 Å². The molecule has 6 heteroatoms. The fourth-order valence-electron chi connectivity index (χ4n) is 1.78. The Morgan fingerprint density at radius 1 is 1.35 bits per heavy atom. The zero-order valence-corrected chi connectivity index (χ0v) is 10.3. The van der Waals surface area contributed by atoms with E-state index in [1.807, 2.05) is 0 Å². The molecule has 0 bridgehead atoms. The van der Waals surface area contributed by atoms with Gasteiger partial charge in [-0.3, -0.25) is 0 Å². The summed E-state index contributed by atoms with van der Waals surface area (Å²) in [6, 6.07) is 5.14. The number of para-hydroxylation sites is 1. The zero-order valence-electron chi connectivity index (χ0n) is 8.84. The molecular formula is C11H10Cl2F2N2. The van der Waals surface area contributed by atoms with Gasteiger partial charge in [0, 0.05) is 12.3 Å². The van der Waals surface area contributed by atoms with E-state index in [1.165, 1.54) is 4.57 Å². The molecule has 0 radical (unpaired) electrons. The van der Waals surface area contributed by atoms with Crippen LogP contribution in [-0.4, -0.2) is 21.9 Å². The largest absolute Gasteiger partial charge is 0.322 e. The Hall–Kier alpha value is -0.870. The average molecular weight is 279 g/mol. The molecule has 2 rings (SSSR count). The highest BCUT2D eigenvalue weighted by molar-refractivity contribution is 6.34. The van der Waals surface area contributed by atoms with Crippen LogP contribution in [0.1, 0.15) is 5.82 Å². The Kier molecular flexibility index (Phi) is 3.84. The van der Waals surface area contributed by atoms with E-state index in [-0.39, 0.29) is 6.54 Å². The van der Waals surface area contributed by atoms with Gasteiger partial charge in [-0.15, -0.1) is 11.6 Å². The number of aryl methyl sites for hydroxylation is 1. The molecule has 1 heterocycles. The minimum atomic E-state index is -2.43. The van der Waals surface area contributed by atoms with E-state index in [0.717, 1.165) is 0 Å². The molecule has 2 nitrogen and oxygen atoms in total. The zero-order chi connectivity index (χ0) is 12.4. The minimum absolute atomic E-state index is 0.337. The van der Waals surface area contributed by atoms with Gasteiger partial charge in [0.15, 0.2) is 0 Å². The van der Waals surface area contributed by atoms with Crippen LogP contribution >= 0.6 is 23.2 Å². The summed E-state index contributed by atoms with van der Waals surface area (Å²) in [5, 5.41) is 0.464. The van der Waals surface area contributed by atoms with Crippen molar-refractivity contribution in [2.24, 2.45) is 0 Å². The van der Waals surface area contributed by atoms with Gasteiger partial charge in [-0.05, 0) is 12.1 Å². The number of imidazole rings is 1. The number of alkyl halides is 3. The molecule has 0 atom stereocenters. The molecule has 0 aliphatic carbocycles. The third-order valence-corrected chi connectivity index (χ3v) is 2.94. The number of fused-ring (bicyclic) bond motifs is 1. The fraction of sp³-hybridized carbons (Fsp3) is 0.364. The Bertz CT molecular complexity index is 525. The Labute approximate surface area is 107 Å². The lowest BCUT2D eigenvalue weighted by molar-refractivity contribution is 0.127. The van der Waals surface area contributed by atoms with E-state index in [4.69, 9.17) is 23.2 Å². The van der Waals surface area contributed by atoms with Gasteiger partial charge in [-0.2, -0.15) is 0 Å². The second-order valence-corrected chi connectivity index (χ2v) is 4.36. The molecule has 0 aliphatic heterocycles. The van der Waals surface area contributed by atoms with Crippen LogP contribution in [0.4, 0.5) is 8.78 Å². The van der Waals surface area contributed by atoms with Gasteiger partial charge in [0.1, 0.15) is 11.3 Å². The topological polar surface area (TPSA) is 17.8 Å². The van der Waals surface area contributed by atoms with Crippen molar-refractivity contribution < 1.29 is 8.78 Å². The van der Waals surface area contributed by atoms with Gasteiger partial charge in [-0.1, -0.05) is 17.7 Å². The van der Waals surface area contributed by atoms with E-state index < -0.39 is 6.43 Å². The summed E-state index contributed by atoms with van der Waals surface area (Å²) >= 11 is 11.6. The van der Waals surface area contributed by atoms with Crippen LogP contribution in [0.25, 0.3) is 11.0 Å². The van der Waals surface area contributed by atoms with Gasteiger partial charge in [-0.25, -0.2) is 13.8 Å². The van der Waals surface area contributed by atoms with Crippen LogP contribution < -0.4 is 0 Å². The summed E-state index contributed by atoms with van der Waals surface area (Å²) in [4.78, 5) is 4.27. The lowest BCUT2D eigenvalue weighted by Crippen LogP contribution is -2.10. The summed E-state index contributed by atoms with van der Waals surface area (Å²) in [7, 11) is 0. The second kappa shape index (κ2) is 5.19. The van der Waals surface area contributed by atoms with Crippen LogP contribution in [0, 0.1) is 0 Å². The highest BCUT2D eigenvalue weighted by atomic mass is 35.5. The molecule has 1 aromatic heterocycles. The molecule has 0 spiro atoms. The Morgan fingerprint density at radius 3 is 2.76 bits per heavy atom. The summed E-state index contributed by atoms with van der Waals surface area (Å²) in [6.45, 7) is -0.386. The number of nitrogens with zero attached hydrogens (tertiary/aromatic N) is 2. The molecule has 92 valence electrons. The summed E-state index contributed by atoms with van der Waals surface area (Å²) in [6.07, 6.45) is -1.99. The number of benzene rings is 1. The normalized spacial score (nSPS) is 11.6. The molecule has 1 aromatic carbocycles. The first-order chi connectivity index (χ1) is 8.13. The molecule has 0 fully saturated rings. The first kappa shape index (κ1) is 12.6. The summed E-state index contributed by atoms with van der Waals surface area (Å²) in [5.74, 6) is 0.882. The summed E-state index contributed by atoms with van der Waals surface area (Å²) in [5.41, 5.74) is 1.17. The van der Waals surface area contributed by atoms with Gasteiger partial charge in [0.25, 0.3) is 6.43 Å².